The van der Waals surface area contributed by atoms with Crippen molar-refractivity contribution in [1.82, 2.24) is 9.97 Å². The summed E-state index contributed by atoms with van der Waals surface area (Å²) in [5.41, 5.74) is 1.19. The van der Waals surface area contributed by atoms with E-state index < -0.39 is 0 Å². The first kappa shape index (κ1) is 12.7. The van der Waals surface area contributed by atoms with Gasteiger partial charge in [-0.3, -0.25) is 0 Å². The second-order valence-electron chi connectivity index (χ2n) is 5.90. The predicted octanol–water partition coefficient (Wildman–Crippen LogP) is 2.63. The van der Waals surface area contributed by atoms with Gasteiger partial charge < -0.3 is 10.2 Å². The molecule has 4 heteroatoms. The highest BCUT2D eigenvalue weighted by molar-refractivity contribution is 5.59. The first-order chi connectivity index (χ1) is 9.22. The molecule has 2 aliphatic rings. The average molecular weight is 260 g/mol. The highest BCUT2D eigenvalue weighted by Crippen LogP contribution is 2.40. The second-order valence-corrected chi connectivity index (χ2v) is 5.90. The van der Waals surface area contributed by atoms with Gasteiger partial charge in [-0.05, 0) is 31.6 Å². The molecule has 1 saturated heterocycles. The van der Waals surface area contributed by atoms with E-state index in [1.165, 1.54) is 37.9 Å². The highest BCUT2D eigenvalue weighted by Gasteiger charge is 2.37. The second kappa shape index (κ2) is 4.99. The van der Waals surface area contributed by atoms with Gasteiger partial charge in [0.2, 0.25) is 0 Å². The fraction of sp³-hybridized carbons (Fsp3) is 0.733. The van der Waals surface area contributed by atoms with Crippen molar-refractivity contribution < 1.29 is 0 Å². The van der Waals surface area contributed by atoms with Crippen LogP contribution in [0.5, 0.6) is 0 Å². The van der Waals surface area contributed by atoms with E-state index in [0.717, 1.165) is 35.7 Å². The minimum atomic E-state index is 0.892. The Morgan fingerprint density at radius 3 is 2.47 bits per heavy atom. The third-order valence-corrected chi connectivity index (χ3v) is 4.75. The lowest BCUT2D eigenvalue weighted by Crippen LogP contribution is -2.24. The number of rotatable bonds is 3. The number of fused-ring (bicyclic) bond motifs is 1. The van der Waals surface area contributed by atoms with Crippen LogP contribution in [0.4, 0.5) is 11.6 Å². The Morgan fingerprint density at radius 1 is 1.21 bits per heavy atom. The fourth-order valence-electron chi connectivity index (χ4n) is 3.67. The summed E-state index contributed by atoms with van der Waals surface area (Å²) in [6.07, 6.45) is 5.13. The Kier molecular flexibility index (Phi) is 3.33. The highest BCUT2D eigenvalue weighted by atomic mass is 15.2. The van der Waals surface area contributed by atoms with Crippen molar-refractivity contribution in [2.75, 3.05) is 30.4 Å². The molecule has 1 saturated carbocycles. The summed E-state index contributed by atoms with van der Waals surface area (Å²) in [5.74, 6) is 4.89. The van der Waals surface area contributed by atoms with Crippen LogP contribution in [0, 0.1) is 18.8 Å². The minimum absolute atomic E-state index is 0.892. The van der Waals surface area contributed by atoms with Gasteiger partial charge in [-0.2, -0.15) is 0 Å². The number of anilines is 2. The molecule has 1 N–H and O–H groups in total. The summed E-state index contributed by atoms with van der Waals surface area (Å²) in [6.45, 7) is 6.63. The van der Waals surface area contributed by atoms with Crippen molar-refractivity contribution in [3.63, 3.8) is 0 Å². The molecule has 0 aromatic carbocycles. The predicted molar refractivity (Wildman–Crippen MR) is 78.7 cm³/mol. The fourth-order valence-corrected chi connectivity index (χ4v) is 3.67. The van der Waals surface area contributed by atoms with Gasteiger partial charge in [0.05, 0.1) is 0 Å². The lowest BCUT2D eigenvalue weighted by atomic mass is 10.0. The Labute approximate surface area is 115 Å². The lowest BCUT2D eigenvalue weighted by Gasteiger charge is -2.22. The maximum atomic E-state index is 4.78. The summed E-state index contributed by atoms with van der Waals surface area (Å²) >= 11 is 0. The molecular weight excluding hydrogens is 236 g/mol. The van der Waals surface area contributed by atoms with Gasteiger partial charge >= 0.3 is 0 Å². The molecule has 4 nitrogen and oxygen atoms in total. The van der Waals surface area contributed by atoms with E-state index in [1.54, 1.807) is 0 Å². The van der Waals surface area contributed by atoms with Gasteiger partial charge in [-0.1, -0.05) is 13.3 Å². The lowest BCUT2D eigenvalue weighted by molar-refractivity contribution is 0.494. The van der Waals surface area contributed by atoms with Crippen molar-refractivity contribution in [2.24, 2.45) is 11.8 Å². The monoisotopic (exact) mass is 260 g/mol. The van der Waals surface area contributed by atoms with Crippen LogP contribution in [-0.2, 0) is 6.42 Å². The zero-order chi connectivity index (χ0) is 13.4. The molecule has 19 heavy (non-hydrogen) atoms. The quantitative estimate of drug-likeness (QED) is 0.907. The minimum Gasteiger partial charge on any atom is -0.373 e. The summed E-state index contributed by atoms with van der Waals surface area (Å²) in [4.78, 5) is 11.8. The zero-order valence-corrected chi connectivity index (χ0v) is 12.2. The van der Waals surface area contributed by atoms with E-state index in [1.807, 2.05) is 7.05 Å². The first-order valence-electron chi connectivity index (χ1n) is 7.53. The van der Waals surface area contributed by atoms with Crippen LogP contribution in [0.1, 0.15) is 37.6 Å². The third-order valence-electron chi connectivity index (χ3n) is 4.75. The maximum Gasteiger partial charge on any atom is 0.137 e. The van der Waals surface area contributed by atoms with Crippen molar-refractivity contribution in [2.45, 2.75) is 39.5 Å². The van der Waals surface area contributed by atoms with Crippen LogP contribution >= 0.6 is 0 Å². The standard InChI is InChI=1S/C15H24N4/c1-4-13-17-14(16-3)10(2)15(18-13)19-8-11-6-5-7-12(11)9-19/h11-12H,4-9H2,1-3H3,(H,16,17,18). The molecule has 104 valence electrons. The Balaban J connectivity index is 1.91. The van der Waals surface area contributed by atoms with Gasteiger partial charge in [0, 0.05) is 32.1 Å². The average Bonchev–Trinajstić information content (AvgIpc) is 3.00. The molecule has 2 atom stereocenters. The van der Waals surface area contributed by atoms with E-state index >= 15 is 0 Å². The maximum absolute atomic E-state index is 4.78. The molecule has 1 aliphatic heterocycles. The summed E-state index contributed by atoms with van der Waals surface area (Å²) < 4.78 is 0. The molecule has 2 heterocycles. The van der Waals surface area contributed by atoms with E-state index in [4.69, 9.17) is 4.98 Å². The van der Waals surface area contributed by atoms with Crippen molar-refractivity contribution >= 4 is 11.6 Å². The largest absolute Gasteiger partial charge is 0.373 e. The van der Waals surface area contributed by atoms with Crippen LogP contribution in [0.3, 0.4) is 0 Å². The zero-order valence-electron chi connectivity index (χ0n) is 12.2. The van der Waals surface area contributed by atoms with Crippen LogP contribution in [0.2, 0.25) is 0 Å². The first-order valence-corrected chi connectivity index (χ1v) is 7.53. The van der Waals surface area contributed by atoms with Crippen LogP contribution in [0.25, 0.3) is 0 Å². The van der Waals surface area contributed by atoms with Gasteiger partial charge in [0.25, 0.3) is 0 Å². The van der Waals surface area contributed by atoms with E-state index in [0.29, 0.717) is 0 Å². The Morgan fingerprint density at radius 2 is 1.89 bits per heavy atom. The van der Waals surface area contributed by atoms with Crippen molar-refractivity contribution in [3.8, 4) is 0 Å². The molecule has 0 radical (unpaired) electrons. The van der Waals surface area contributed by atoms with E-state index in [9.17, 15) is 0 Å². The smallest absolute Gasteiger partial charge is 0.137 e. The molecule has 3 rings (SSSR count). The van der Waals surface area contributed by atoms with Crippen molar-refractivity contribution in [3.05, 3.63) is 11.4 Å². The SMILES string of the molecule is CCc1nc(NC)c(C)c(N2CC3CCCC3C2)n1. The number of hydrogen-bond acceptors (Lipinski definition) is 4. The summed E-state index contributed by atoms with van der Waals surface area (Å²) in [7, 11) is 1.94. The van der Waals surface area contributed by atoms with E-state index in [2.05, 4.69) is 29.0 Å². The van der Waals surface area contributed by atoms with Gasteiger partial charge in [-0.25, -0.2) is 9.97 Å². The number of aryl methyl sites for hydroxylation is 1. The molecule has 1 aliphatic carbocycles. The Bertz CT molecular complexity index is 459. The number of hydrogen-bond donors (Lipinski definition) is 1. The number of aromatic nitrogens is 2. The van der Waals surface area contributed by atoms with Crippen LogP contribution in [-0.4, -0.2) is 30.1 Å². The van der Waals surface area contributed by atoms with Gasteiger partial charge in [0.1, 0.15) is 17.5 Å². The topological polar surface area (TPSA) is 41.1 Å². The molecule has 2 fully saturated rings. The van der Waals surface area contributed by atoms with E-state index in [-0.39, 0.29) is 0 Å². The summed E-state index contributed by atoms with van der Waals surface area (Å²) in [6, 6.07) is 0. The summed E-state index contributed by atoms with van der Waals surface area (Å²) in [5, 5.41) is 3.21. The molecule has 0 amide bonds. The molecular formula is C15H24N4. The van der Waals surface area contributed by atoms with Crippen LogP contribution < -0.4 is 10.2 Å². The number of nitrogens with zero attached hydrogens (tertiary/aromatic N) is 3. The molecule has 2 unspecified atom stereocenters. The molecule has 1 aromatic heterocycles. The third kappa shape index (κ3) is 2.17. The number of nitrogens with one attached hydrogen (secondary N) is 1. The molecule has 0 bridgehead atoms. The molecule has 0 spiro atoms. The van der Waals surface area contributed by atoms with Crippen LogP contribution in [0.15, 0.2) is 0 Å². The van der Waals surface area contributed by atoms with Gasteiger partial charge in [-0.15, -0.1) is 0 Å². The van der Waals surface area contributed by atoms with Gasteiger partial charge in [0.15, 0.2) is 0 Å². The Hall–Kier alpha value is -1.32. The van der Waals surface area contributed by atoms with Crippen molar-refractivity contribution in [1.29, 1.82) is 0 Å². The molecule has 1 aromatic rings. The normalized spacial score (nSPS) is 25.7.